The lowest BCUT2D eigenvalue weighted by Gasteiger charge is -2.09. The highest BCUT2D eigenvalue weighted by Crippen LogP contribution is 2.20. The summed E-state index contributed by atoms with van der Waals surface area (Å²) in [5.74, 6) is 0.646. The van der Waals surface area contributed by atoms with Crippen LogP contribution in [0.25, 0.3) is 11.4 Å². The topological polar surface area (TPSA) is 58.6 Å². The standard InChI is InChI=1S/C14H16IN3O/c1-3-5-11-12(15)14(19)18-13(17-11)10-6-7-16-8-9(10)4-2/h6-8H,3-5H2,1-2H3,(H,17,18,19). The van der Waals surface area contributed by atoms with E-state index in [-0.39, 0.29) is 5.56 Å². The summed E-state index contributed by atoms with van der Waals surface area (Å²) in [6.07, 6.45) is 6.21. The van der Waals surface area contributed by atoms with E-state index in [1.807, 2.05) is 12.3 Å². The number of aromatic amines is 1. The number of H-pyrrole nitrogens is 1. The molecule has 0 atom stereocenters. The molecule has 100 valence electrons. The quantitative estimate of drug-likeness (QED) is 0.844. The highest BCUT2D eigenvalue weighted by atomic mass is 127. The second-order valence-electron chi connectivity index (χ2n) is 4.31. The van der Waals surface area contributed by atoms with E-state index < -0.39 is 0 Å². The fourth-order valence-corrected chi connectivity index (χ4v) is 2.50. The van der Waals surface area contributed by atoms with Gasteiger partial charge < -0.3 is 4.98 Å². The molecule has 0 aliphatic carbocycles. The van der Waals surface area contributed by atoms with Crippen molar-refractivity contribution in [3.05, 3.63) is 43.6 Å². The molecule has 0 aliphatic rings. The van der Waals surface area contributed by atoms with Gasteiger partial charge in [-0.1, -0.05) is 20.3 Å². The van der Waals surface area contributed by atoms with E-state index in [0.29, 0.717) is 9.39 Å². The van der Waals surface area contributed by atoms with Crippen LogP contribution in [0.2, 0.25) is 0 Å². The zero-order valence-electron chi connectivity index (χ0n) is 11.0. The molecule has 0 amide bonds. The summed E-state index contributed by atoms with van der Waals surface area (Å²) in [5, 5.41) is 0. The van der Waals surface area contributed by atoms with Crippen molar-refractivity contribution < 1.29 is 0 Å². The Hall–Kier alpha value is -1.24. The third kappa shape index (κ3) is 3.02. The van der Waals surface area contributed by atoms with E-state index in [9.17, 15) is 4.79 Å². The average Bonchev–Trinajstić information content (AvgIpc) is 2.43. The maximum Gasteiger partial charge on any atom is 0.264 e. The molecule has 2 rings (SSSR count). The smallest absolute Gasteiger partial charge is 0.264 e. The number of halogens is 1. The molecule has 2 heterocycles. The summed E-state index contributed by atoms with van der Waals surface area (Å²) >= 11 is 2.06. The first-order valence-electron chi connectivity index (χ1n) is 6.39. The number of nitrogens with zero attached hydrogens (tertiary/aromatic N) is 2. The molecule has 1 N–H and O–H groups in total. The molecule has 0 radical (unpaired) electrons. The molecule has 2 aromatic rings. The van der Waals surface area contributed by atoms with Gasteiger partial charge in [-0.25, -0.2) is 4.98 Å². The van der Waals surface area contributed by atoms with E-state index in [1.54, 1.807) is 6.20 Å². The summed E-state index contributed by atoms with van der Waals surface area (Å²) in [7, 11) is 0. The van der Waals surface area contributed by atoms with Crippen molar-refractivity contribution in [2.75, 3.05) is 0 Å². The molecule has 0 aromatic carbocycles. The second kappa shape index (κ2) is 6.27. The highest BCUT2D eigenvalue weighted by molar-refractivity contribution is 14.1. The monoisotopic (exact) mass is 369 g/mol. The van der Waals surface area contributed by atoms with E-state index in [4.69, 9.17) is 0 Å². The van der Waals surface area contributed by atoms with E-state index in [1.165, 1.54) is 0 Å². The van der Waals surface area contributed by atoms with Crippen molar-refractivity contribution in [2.45, 2.75) is 33.1 Å². The van der Waals surface area contributed by atoms with Gasteiger partial charge in [0.2, 0.25) is 0 Å². The Balaban J connectivity index is 2.59. The molecule has 0 saturated carbocycles. The third-order valence-corrected chi connectivity index (χ3v) is 4.07. The number of hydrogen-bond donors (Lipinski definition) is 1. The molecular formula is C14H16IN3O. The number of rotatable bonds is 4. The fourth-order valence-electron chi connectivity index (χ4n) is 1.98. The lowest BCUT2D eigenvalue weighted by Crippen LogP contribution is -2.16. The van der Waals surface area contributed by atoms with Crippen LogP contribution in [0.1, 0.15) is 31.5 Å². The highest BCUT2D eigenvalue weighted by Gasteiger charge is 2.11. The van der Waals surface area contributed by atoms with Gasteiger partial charge in [-0.15, -0.1) is 0 Å². The van der Waals surface area contributed by atoms with Crippen molar-refractivity contribution >= 4 is 22.6 Å². The SMILES string of the molecule is CCCc1nc(-c2ccncc2CC)[nH]c(=O)c1I. The molecule has 0 fully saturated rings. The van der Waals surface area contributed by atoms with Crippen molar-refractivity contribution in [2.24, 2.45) is 0 Å². The Morgan fingerprint density at radius 2 is 2.16 bits per heavy atom. The first-order valence-corrected chi connectivity index (χ1v) is 7.47. The average molecular weight is 369 g/mol. The Kier molecular flexibility index (Phi) is 4.68. The van der Waals surface area contributed by atoms with Crippen LogP contribution in [-0.2, 0) is 12.8 Å². The predicted octanol–water partition coefficient (Wildman–Crippen LogP) is 2.95. The van der Waals surface area contributed by atoms with Crippen molar-refractivity contribution in [3.8, 4) is 11.4 Å². The van der Waals surface area contributed by atoms with Crippen LogP contribution in [-0.4, -0.2) is 15.0 Å². The Bertz CT molecular complexity index is 637. The van der Waals surface area contributed by atoms with Gasteiger partial charge >= 0.3 is 0 Å². The maximum atomic E-state index is 12.0. The third-order valence-electron chi connectivity index (χ3n) is 2.96. The molecule has 19 heavy (non-hydrogen) atoms. The molecule has 0 unspecified atom stereocenters. The van der Waals surface area contributed by atoms with Gasteiger partial charge in [-0.05, 0) is 47.1 Å². The van der Waals surface area contributed by atoms with Gasteiger partial charge in [0.15, 0.2) is 0 Å². The van der Waals surface area contributed by atoms with Gasteiger partial charge in [0.1, 0.15) is 5.82 Å². The van der Waals surface area contributed by atoms with Gasteiger partial charge in [0, 0.05) is 18.0 Å². The number of aromatic nitrogens is 3. The molecule has 0 saturated heterocycles. The number of pyridine rings is 1. The van der Waals surface area contributed by atoms with Crippen molar-refractivity contribution in [1.29, 1.82) is 0 Å². The van der Waals surface area contributed by atoms with Gasteiger partial charge in [0.25, 0.3) is 5.56 Å². The van der Waals surface area contributed by atoms with Gasteiger partial charge in [-0.3, -0.25) is 9.78 Å². The largest absolute Gasteiger partial charge is 0.306 e. The lowest BCUT2D eigenvalue weighted by atomic mass is 10.1. The van der Waals surface area contributed by atoms with Crippen LogP contribution in [0.4, 0.5) is 0 Å². The van der Waals surface area contributed by atoms with Gasteiger partial charge in [-0.2, -0.15) is 0 Å². The van der Waals surface area contributed by atoms with Crippen LogP contribution < -0.4 is 5.56 Å². The van der Waals surface area contributed by atoms with Crippen molar-refractivity contribution in [3.63, 3.8) is 0 Å². The minimum Gasteiger partial charge on any atom is -0.306 e. The van der Waals surface area contributed by atoms with Gasteiger partial charge in [0.05, 0.1) is 9.26 Å². The van der Waals surface area contributed by atoms with Crippen molar-refractivity contribution in [1.82, 2.24) is 15.0 Å². The molecule has 5 heteroatoms. The minimum atomic E-state index is -0.0621. The van der Waals surface area contributed by atoms with Crippen LogP contribution >= 0.6 is 22.6 Å². The Morgan fingerprint density at radius 3 is 2.84 bits per heavy atom. The molecule has 0 bridgehead atoms. The maximum absolute atomic E-state index is 12.0. The Labute approximate surface area is 125 Å². The molecule has 4 nitrogen and oxygen atoms in total. The second-order valence-corrected chi connectivity index (χ2v) is 5.39. The molecular weight excluding hydrogens is 353 g/mol. The molecule has 0 spiro atoms. The van der Waals surface area contributed by atoms with Crippen LogP contribution in [0, 0.1) is 3.57 Å². The summed E-state index contributed by atoms with van der Waals surface area (Å²) < 4.78 is 0.690. The van der Waals surface area contributed by atoms with Crippen LogP contribution in [0.3, 0.4) is 0 Å². The predicted molar refractivity (Wildman–Crippen MR) is 84.2 cm³/mol. The first kappa shape index (κ1) is 14.2. The fraction of sp³-hybridized carbons (Fsp3) is 0.357. The number of hydrogen-bond acceptors (Lipinski definition) is 3. The molecule has 2 aromatic heterocycles. The van der Waals surface area contributed by atoms with Crippen LogP contribution in [0.15, 0.2) is 23.3 Å². The van der Waals surface area contributed by atoms with E-state index in [0.717, 1.165) is 36.1 Å². The first-order chi connectivity index (χ1) is 9.17. The zero-order chi connectivity index (χ0) is 13.8. The summed E-state index contributed by atoms with van der Waals surface area (Å²) in [6, 6.07) is 1.90. The normalized spacial score (nSPS) is 10.7. The zero-order valence-corrected chi connectivity index (χ0v) is 13.2. The summed E-state index contributed by atoms with van der Waals surface area (Å²) in [4.78, 5) is 23.6. The molecule has 0 aliphatic heterocycles. The van der Waals surface area contributed by atoms with Crippen LogP contribution in [0.5, 0.6) is 0 Å². The summed E-state index contributed by atoms with van der Waals surface area (Å²) in [5.41, 5.74) is 2.87. The van der Waals surface area contributed by atoms with E-state index in [2.05, 4.69) is 51.4 Å². The van der Waals surface area contributed by atoms with E-state index >= 15 is 0 Å². The number of aryl methyl sites for hydroxylation is 2. The minimum absolute atomic E-state index is 0.0621. The summed E-state index contributed by atoms with van der Waals surface area (Å²) in [6.45, 7) is 4.15. The number of nitrogens with one attached hydrogen (secondary N) is 1. The Morgan fingerprint density at radius 1 is 1.37 bits per heavy atom. The lowest BCUT2D eigenvalue weighted by molar-refractivity contribution is 0.859.